The van der Waals surface area contributed by atoms with Gasteiger partial charge in [0, 0.05) is 29.7 Å². The Morgan fingerprint density at radius 2 is 1.32 bits per heavy atom. The maximum absolute atomic E-state index is 15.3. The first kappa shape index (κ1) is 28.6. The van der Waals surface area contributed by atoms with Gasteiger partial charge in [0.05, 0.1) is 15.2 Å². The molecule has 0 unspecified atom stereocenters. The molecule has 1 heterocycles. The van der Waals surface area contributed by atoms with E-state index >= 15 is 4.39 Å². The molecule has 0 aliphatic rings. The van der Waals surface area contributed by atoms with E-state index in [2.05, 4.69) is 4.98 Å². The van der Waals surface area contributed by atoms with Crippen molar-refractivity contribution < 1.29 is 25.6 Å². The summed E-state index contributed by atoms with van der Waals surface area (Å²) in [5, 5.41) is 0.705. The average Bonchev–Trinajstić information content (AvgIpc) is 2.91. The first-order chi connectivity index (χ1) is 19.1. The Kier molecular flexibility index (Phi) is 7.07. The van der Waals surface area contributed by atoms with Gasteiger partial charge in [0.15, 0.2) is 19.7 Å². The maximum Gasteiger partial charge on any atom is 0.175 e. The molecule has 9 heteroatoms. The number of fused-ring (bicyclic) bond motifs is 1. The Labute approximate surface area is 238 Å². The van der Waals surface area contributed by atoms with Crippen LogP contribution >= 0.6 is 0 Å². The molecule has 5 rings (SSSR count). The van der Waals surface area contributed by atoms with Gasteiger partial charge in [-0.1, -0.05) is 24.3 Å². The molecule has 0 spiro atoms. The van der Waals surface area contributed by atoms with E-state index in [9.17, 15) is 21.2 Å². The van der Waals surface area contributed by atoms with Crippen LogP contribution in [0.4, 0.5) is 8.78 Å². The summed E-state index contributed by atoms with van der Waals surface area (Å²) in [5.41, 5.74) is 4.14. The van der Waals surface area contributed by atoms with Crippen molar-refractivity contribution in [1.29, 1.82) is 0 Å². The Morgan fingerprint density at radius 1 is 0.659 bits per heavy atom. The fourth-order valence-corrected chi connectivity index (χ4v) is 5.94. The zero-order valence-electron chi connectivity index (χ0n) is 22.8. The van der Waals surface area contributed by atoms with Crippen LogP contribution in [0.2, 0.25) is 0 Å². The summed E-state index contributed by atoms with van der Waals surface area (Å²) in [4.78, 5) is 4.64. The van der Waals surface area contributed by atoms with Crippen molar-refractivity contribution in [1.82, 2.24) is 4.98 Å². The predicted octanol–water partition coefficient (Wildman–Crippen LogP) is 7.20. The average molecular weight is 592 g/mol. The summed E-state index contributed by atoms with van der Waals surface area (Å²) in [7, 11) is -6.93. The third kappa shape index (κ3) is 5.52. The number of rotatable bonds is 6. The molecular weight excluding hydrogens is 564 g/mol. The van der Waals surface area contributed by atoms with Crippen LogP contribution in [0.15, 0.2) is 96.0 Å². The van der Waals surface area contributed by atoms with E-state index in [1.165, 1.54) is 42.7 Å². The van der Waals surface area contributed by atoms with Crippen LogP contribution < -0.4 is 0 Å². The molecule has 0 amide bonds. The van der Waals surface area contributed by atoms with Gasteiger partial charge in [-0.25, -0.2) is 25.6 Å². The van der Waals surface area contributed by atoms with Gasteiger partial charge in [-0.05, 0) is 108 Å². The van der Waals surface area contributed by atoms with E-state index in [-0.39, 0.29) is 4.90 Å². The number of halogens is 2. The summed E-state index contributed by atoms with van der Waals surface area (Å²) in [6, 6.07) is 21.8. The van der Waals surface area contributed by atoms with Gasteiger partial charge < -0.3 is 0 Å². The third-order valence-electron chi connectivity index (χ3n) is 7.42. The molecule has 0 fully saturated rings. The Bertz CT molecular complexity index is 2040. The van der Waals surface area contributed by atoms with Gasteiger partial charge in [-0.3, -0.25) is 4.98 Å². The lowest BCUT2D eigenvalue weighted by Gasteiger charge is -2.24. The van der Waals surface area contributed by atoms with Crippen LogP contribution in [-0.4, -0.2) is 34.3 Å². The minimum Gasteiger partial charge on any atom is -0.256 e. The number of pyridine rings is 1. The fourth-order valence-electron chi connectivity index (χ4n) is 4.76. The minimum absolute atomic E-state index is 0.128. The highest BCUT2D eigenvalue weighted by molar-refractivity contribution is 7.91. The molecule has 0 bridgehead atoms. The molecule has 0 N–H and O–H groups in total. The van der Waals surface area contributed by atoms with Crippen LogP contribution in [-0.2, 0) is 24.4 Å². The SMILES string of the molecule is CC(C)(c1cc(-c2cc(F)cc(-c3ccc(F)cc3-c3ccc(S(C)(=O)=O)cc3)c2)c2ncccc2c1)S(C)(=O)=O. The quantitative estimate of drug-likeness (QED) is 0.209. The predicted molar refractivity (Wildman–Crippen MR) is 159 cm³/mol. The lowest BCUT2D eigenvalue weighted by molar-refractivity contribution is 0.561. The van der Waals surface area contributed by atoms with Crippen molar-refractivity contribution in [2.75, 3.05) is 12.5 Å². The first-order valence-corrected chi connectivity index (χ1v) is 16.4. The van der Waals surface area contributed by atoms with Crippen LogP contribution in [0.25, 0.3) is 44.3 Å². The maximum atomic E-state index is 15.3. The number of hydrogen-bond donors (Lipinski definition) is 0. The summed E-state index contributed by atoms with van der Waals surface area (Å²) in [6.45, 7) is 3.25. The first-order valence-electron chi connectivity index (χ1n) is 12.7. The molecule has 0 atom stereocenters. The second-order valence-electron chi connectivity index (χ2n) is 10.6. The second kappa shape index (κ2) is 10.2. The van der Waals surface area contributed by atoms with Crippen molar-refractivity contribution >= 4 is 30.6 Å². The van der Waals surface area contributed by atoms with Crippen molar-refractivity contribution in [3.63, 3.8) is 0 Å². The van der Waals surface area contributed by atoms with Crippen LogP contribution in [0, 0.1) is 11.6 Å². The van der Waals surface area contributed by atoms with Crippen LogP contribution in [0.1, 0.15) is 19.4 Å². The number of nitrogens with zero attached hydrogens (tertiary/aromatic N) is 1. The van der Waals surface area contributed by atoms with E-state index in [0.29, 0.717) is 49.8 Å². The molecule has 1 aromatic heterocycles. The number of aromatic nitrogens is 1. The largest absolute Gasteiger partial charge is 0.256 e. The molecular formula is C32H27F2NO4S2. The molecule has 0 saturated heterocycles. The lowest BCUT2D eigenvalue weighted by atomic mass is 9.90. The monoisotopic (exact) mass is 591 g/mol. The highest BCUT2D eigenvalue weighted by Crippen LogP contribution is 2.39. The van der Waals surface area contributed by atoms with Gasteiger partial charge in [0.1, 0.15) is 11.6 Å². The summed E-state index contributed by atoms with van der Waals surface area (Å²) in [5.74, 6) is -1.05. The molecule has 0 aliphatic heterocycles. The molecule has 4 aromatic carbocycles. The van der Waals surface area contributed by atoms with Gasteiger partial charge >= 0.3 is 0 Å². The molecule has 41 heavy (non-hydrogen) atoms. The second-order valence-corrected chi connectivity index (χ2v) is 15.2. The van der Waals surface area contributed by atoms with Crippen molar-refractivity contribution in [3.8, 4) is 33.4 Å². The molecule has 5 aromatic rings. The Hall–Kier alpha value is -3.95. The smallest absolute Gasteiger partial charge is 0.175 e. The zero-order valence-corrected chi connectivity index (χ0v) is 24.4. The molecule has 5 nitrogen and oxygen atoms in total. The molecule has 0 radical (unpaired) electrons. The normalized spacial score (nSPS) is 12.5. The molecule has 0 aliphatic carbocycles. The highest BCUT2D eigenvalue weighted by atomic mass is 32.2. The number of sulfone groups is 2. The van der Waals surface area contributed by atoms with E-state index in [4.69, 9.17) is 0 Å². The Balaban J connectivity index is 1.73. The lowest BCUT2D eigenvalue weighted by Crippen LogP contribution is -2.28. The number of benzene rings is 4. The Morgan fingerprint density at radius 3 is 1.95 bits per heavy atom. The van der Waals surface area contributed by atoms with Gasteiger partial charge in [0.25, 0.3) is 0 Å². The van der Waals surface area contributed by atoms with Gasteiger partial charge in [-0.15, -0.1) is 0 Å². The van der Waals surface area contributed by atoms with E-state index in [1.54, 1.807) is 62.5 Å². The van der Waals surface area contributed by atoms with E-state index in [0.717, 1.165) is 6.26 Å². The minimum atomic E-state index is -3.50. The van der Waals surface area contributed by atoms with E-state index in [1.807, 2.05) is 6.07 Å². The summed E-state index contributed by atoms with van der Waals surface area (Å²) >= 11 is 0. The van der Waals surface area contributed by atoms with Crippen molar-refractivity contribution in [2.45, 2.75) is 23.5 Å². The highest BCUT2D eigenvalue weighted by Gasteiger charge is 2.33. The van der Waals surface area contributed by atoms with Crippen LogP contribution in [0.3, 0.4) is 0 Å². The van der Waals surface area contributed by atoms with Crippen LogP contribution in [0.5, 0.6) is 0 Å². The van der Waals surface area contributed by atoms with Gasteiger partial charge in [-0.2, -0.15) is 0 Å². The number of hydrogen-bond acceptors (Lipinski definition) is 5. The molecule has 210 valence electrons. The van der Waals surface area contributed by atoms with Gasteiger partial charge in [0.2, 0.25) is 0 Å². The standard InChI is InChI=1S/C32H27F2NO4S2/c1-32(2,41(4,38)39)24-15-21-6-5-13-35-31(21)30(18-24)23-14-22(16-26(34)17-23)28-12-9-25(33)19-29(28)20-7-10-27(11-8-20)40(3,36)37/h5-19H,1-4H3. The topological polar surface area (TPSA) is 81.2 Å². The third-order valence-corrected chi connectivity index (χ3v) is 10.6. The summed E-state index contributed by atoms with van der Waals surface area (Å²) < 4.78 is 77.7. The fraction of sp³-hybridized carbons (Fsp3) is 0.156. The zero-order chi connectivity index (χ0) is 29.7. The summed E-state index contributed by atoms with van der Waals surface area (Å²) in [6.07, 6.45) is 3.90. The molecule has 0 saturated carbocycles. The van der Waals surface area contributed by atoms with E-state index < -0.39 is 36.1 Å². The van der Waals surface area contributed by atoms with Crippen molar-refractivity contribution in [2.24, 2.45) is 0 Å². The van der Waals surface area contributed by atoms with Crippen molar-refractivity contribution in [3.05, 3.63) is 108 Å².